The molecule has 100 valence electrons. The summed E-state index contributed by atoms with van der Waals surface area (Å²) in [7, 11) is -2.90. The van der Waals surface area contributed by atoms with Gasteiger partial charge in [0.1, 0.15) is 0 Å². The summed E-state index contributed by atoms with van der Waals surface area (Å²) in [6.45, 7) is 4.05. The van der Waals surface area contributed by atoms with Crippen LogP contribution in [-0.2, 0) is 9.84 Å². The molecule has 0 aromatic carbocycles. The summed E-state index contributed by atoms with van der Waals surface area (Å²) in [6, 6.07) is 0.465. The van der Waals surface area contributed by atoms with E-state index in [9.17, 15) is 8.42 Å². The molecular weight excluding hydrogens is 236 g/mol. The van der Waals surface area contributed by atoms with Gasteiger partial charge in [0.15, 0.2) is 9.84 Å². The van der Waals surface area contributed by atoms with Crippen LogP contribution in [0, 0.1) is 5.92 Å². The van der Waals surface area contributed by atoms with Crippen molar-refractivity contribution in [3.8, 4) is 0 Å². The third-order valence-electron chi connectivity index (χ3n) is 4.44. The molecule has 0 bridgehead atoms. The summed E-state index contributed by atoms with van der Waals surface area (Å²) in [4.78, 5) is 2.37. The lowest BCUT2D eigenvalue weighted by molar-refractivity contribution is 0.235. The number of hydrogen-bond acceptors (Lipinski definition) is 4. The number of nitrogens with two attached hydrogens (primary N) is 1. The molecule has 2 fully saturated rings. The maximum Gasteiger partial charge on any atom is 0.151 e. The Morgan fingerprint density at radius 2 is 2.00 bits per heavy atom. The second-order valence-corrected chi connectivity index (χ2v) is 8.03. The molecule has 0 radical (unpaired) electrons. The highest BCUT2D eigenvalue weighted by Gasteiger charge is 2.41. The molecular formula is C12H24N2O2S. The van der Waals surface area contributed by atoms with Crippen LogP contribution in [-0.4, -0.2) is 50.0 Å². The van der Waals surface area contributed by atoms with E-state index in [0.717, 1.165) is 38.8 Å². The molecule has 0 aromatic rings. The van der Waals surface area contributed by atoms with Crippen LogP contribution in [0.25, 0.3) is 0 Å². The van der Waals surface area contributed by atoms with Crippen molar-refractivity contribution in [2.24, 2.45) is 11.7 Å². The third-order valence-corrected chi connectivity index (χ3v) is 6.09. The molecule has 1 aliphatic heterocycles. The van der Waals surface area contributed by atoms with Gasteiger partial charge >= 0.3 is 0 Å². The molecule has 2 aliphatic rings. The first-order valence-electron chi connectivity index (χ1n) is 6.58. The zero-order chi connectivity index (χ0) is 12.6. The van der Waals surface area contributed by atoms with E-state index in [0.29, 0.717) is 5.92 Å². The van der Waals surface area contributed by atoms with Crippen molar-refractivity contribution in [1.82, 2.24) is 4.90 Å². The van der Waals surface area contributed by atoms with Crippen LogP contribution in [0.15, 0.2) is 0 Å². The second kappa shape index (κ2) is 4.86. The topological polar surface area (TPSA) is 63.4 Å². The Hall–Kier alpha value is -0.130. The van der Waals surface area contributed by atoms with E-state index in [1.165, 1.54) is 6.26 Å². The van der Waals surface area contributed by atoms with Crippen molar-refractivity contribution >= 4 is 9.84 Å². The first-order valence-corrected chi connectivity index (χ1v) is 8.53. The normalized spacial score (nSPS) is 37.5. The monoisotopic (exact) mass is 260 g/mol. The Labute approximate surface area is 104 Å². The molecule has 0 aromatic heterocycles. The highest BCUT2D eigenvalue weighted by Crippen LogP contribution is 2.33. The summed E-state index contributed by atoms with van der Waals surface area (Å²) in [6.07, 6.45) is 5.41. The minimum atomic E-state index is -2.90. The van der Waals surface area contributed by atoms with Crippen molar-refractivity contribution in [1.29, 1.82) is 0 Å². The Morgan fingerprint density at radius 3 is 2.53 bits per heavy atom. The molecule has 4 unspecified atom stereocenters. The minimum Gasteiger partial charge on any atom is -0.328 e. The largest absolute Gasteiger partial charge is 0.328 e. The number of sulfone groups is 1. The molecule has 1 saturated carbocycles. The second-order valence-electron chi connectivity index (χ2n) is 5.77. The van der Waals surface area contributed by atoms with Gasteiger partial charge in [0.25, 0.3) is 0 Å². The highest BCUT2D eigenvalue weighted by molar-refractivity contribution is 7.91. The van der Waals surface area contributed by atoms with Crippen LogP contribution in [0.4, 0.5) is 0 Å². The molecule has 1 aliphatic carbocycles. The van der Waals surface area contributed by atoms with Crippen molar-refractivity contribution in [3.63, 3.8) is 0 Å². The molecule has 2 rings (SSSR count). The van der Waals surface area contributed by atoms with Crippen LogP contribution in [0.1, 0.15) is 32.6 Å². The molecule has 1 heterocycles. The van der Waals surface area contributed by atoms with E-state index in [1.54, 1.807) is 0 Å². The predicted molar refractivity (Wildman–Crippen MR) is 69.6 cm³/mol. The summed E-state index contributed by atoms with van der Waals surface area (Å²) in [5.41, 5.74) is 5.93. The van der Waals surface area contributed by atoms with E-state index in [-0.39, 0.29) is 17.3 Å². The number of rotatable bonds is 3. The number of hydrogen-bond donors (Lipinski definition) is 1. The number of nitrogens with zero attached hydrogens (tertiary/aromatic N) is 1. The minimum absolute atomic E-state index is 0.144. The fourth-order valence-corrected chi connectivity index (χ4v) is 4.84. The summed E-state index contributed by atoms with van der Waals surface area (Å²) in [5, 5.41) is -0.144. The van der Waals surface area contributed by atoms with Crippen LogP contribution >= 0.6 is 0 Å². The molecule has 4 atom stereocenters. The van der Waals surface area contributed by atoms with Gasteiger partial charge in [-0.2, -0.15) is 0 Å². The van der Waals surface area contributed by atoms with Gasteiger partial charge in [-0.3, -0.25) is 4.90 Å². The van der Waals surface area contributed by atoms with Gasteiger partial charge in [0.2, 0.25) is 0 Å². The molecule has 0 amide bonds. The molecule has 2 N–H and O–H groups in total. The Bertz CT molecular complexity index is 367. The van der Waals surface area contributed by atoms with Gasteiger partial charge in [0.05, 0.1) is 5.25 Å². The number of likely N-dealkylation sites (tertiary alicyclic amines) is 1. The van der Waals surface area contributed by atoms with Crippen molar-refractivity contribution in [3.05, 3.63) is 0 Å². The van der Waals surface area contributed by atoms with Gasteiger partial charge in [-0.05, 0) is 38.6 Å². The predicted octanol–water partition coefficient (Wildman–Crippen LogP) is 0.621. The Kier molecular flexibility index (Phi) is 3.80. The Morgan fingerprint density at radius 1 is 1.29 bits per heavy atom. The summed E-state index contributed by atoms with van der Waals surface area (Å²) >= 11 is 0. The van der Waals surface area contributed by atoms with Crippen molar-refractivity contribution in [2.45, 2.75) is 49.9 Å². The fourth-order valence-electron chi connectivity index (χ4n) is 3.37. The van der Waals surface area contributed by atoms with E-state index in [4.69, 9.17) is 5.73 Å². The van der Waals surface area contributed by atoms with Crippen LogP contribution in [0.5, 0.6) is 0 Å². The van der Waals surface area contributed by atoms with Gasteiger partial charge in [-0.15, -0.1) is 0 Å². The average Bonchev–Trinajstić information content (AvgIpc) is 2.85. The average molecular weight is 260 g/mol. The van der Waals surface area contributed by atoms with E-state index in [1.807, 2.05) is 0 Å². The standard InChI is InChI=1S/C12H24N2O2S/c1-9(13)10-6-7-14(8-10)11-4-3-5-12(11)17(2,15)16/h9-12H,3-8,13H2,1-2H3. The lowest BCUT2D eigenvalue weighted by atomic mass is 10.0. The van der Waals surface area contributed by atoms with Crippen molar-refractivity contribution < 1.29 is 8.42 Å². The Balaban J connectivity index is 2.04. The quantitative estimate of drug-likeness (QED) is 0.808. The molecule has 0 spiro atoms. The summed E-state index contributed by atoms with van der Waals surface area (Å²) in [5.74, 6) is 0.538. The van der Waals surface area contributed by atoms with Crippen LogP contribution in [0.2, 0.25) is 0 Å². The zero-order valence-electron chi connectivity index (χ0n) is 10.8. The van der Waals surface area contributed by atoms with Gasteiger partial charge in [-0.25, -0.2) is 8.42 Å². The van der Waals surface area contributed by atoms with E-state index in [2.05, 4.69) is 11.8 Å². The molecule has 4 nitrogen and oxygen atoms in total. The first kappa shape index (κ1) is 13.3. The fraction of sp³-hybridized carbons (Fsp3) is 1.00. The third kappa shape index (κ3) is 2.83. The van der Waals surface area contributed by atoms with Crippen molar-refractivity contribution in [2.75, 3.05) is 19.3 Å². The molecule has 17 heavy (non-hydrogen) atoms. The maximum absolute atomic E-state index is 11.8. The van der Waals surface area contributed by atoms with Crippen LogP contribution in [0.3, 0.4) is 0 Å². The molecule has 5 heteroatoms. The SMILES string of the molecule is CC(N)C1CCN(C2CCCC2S(C)(=O)=O)C1. The van der Waals surface area contributed by atoms with Gasteiger partial charge in [-0.1, -0.05) is 6.42 Å². The first-order chi connectivity index (χ1) is 7.89. The van der Waals surface area contributed by atoms with E-state index >= 15 is 0 Å². The highest BCUT2D eigenvalue weighted by atomic mass is 32.2. The van der Waals surface area contributed by atoms with Crippen LogP contribution < -0.4 is 5.73 Å². The zero-order valence-corrected chi connectivity index (χ0v) is 11.6. The van der Waals surface area contributed by atoms with Gasteiger partial charge < -0.3 is 5.73 Å². The maximum atomic E-state index is 11.8. The summed E-state index contributed by atoms with van der Waals surface area (Å²) < 4.78 is 23.5. The smallest absolute Gasteiger partial charge is 0.151 e. The lowest BCUT2D eigenvalue weighted by Crippen LogP contribution is -2.43. The van der Waals surface area contributed by atoms with Gasteiger partial charge in [0, 0.05) is 24.9 Å². The van der Waals surface area contributed by atoms with E-state index < -0.39 is 9.84 Å². The lowest BCUT2D eigenvalue weighted by Gasteiger charge is -2.28. The molecule has 1 saturated heterocycles.